The molecular weight excluding hydrogens is 520 g/mol. The average molecular weight is 531 g/mol. The lowest BCUT2D eigenvalue weighted by atomic mass is 10.3. The van der Waals surface area contributed by atoms with E-state index in [1.165, 1.54) is 23.1 Å². The summed E-state index contributed by atoms with van der Waals surface area (Å²) < 4.78 is 0.703. The number of aromatic nitrogens is 5. The number of hydrogen-bond acceptors (Lipinski definition) is 9. The first-order valence-electron chi connectivity index (χ1n) is 8.54. The highest BCUT2D eigenvalue weighted by atomic mass is 35.5. The lowest BCUT2D eigenvalue weighted by molar-refractivity contribution is 0.913. The highest BCUT2D eigenvalue weighted by Crippen LogP contribution is 2.32. The zero-order valence-corrected chi connectivity index (χ0v) is 20.2. The van der Waals surface area contributed by atoms with Gasteiger partial charge in [-0.1, -0.05) is 57.7 Å². The number of hydrogen-bond donors (Lipinski definition) is 2. The van der Waals surface area contributed by atoms with Gasteiger partial charge in [0, 0.05) is 10.0 Å². The molecule has 0 atom stereocenters. The molecule has 4 rings (SSSR count). The van der Waals surface area contributed by atoms with Gasteiger partial charge in [-0.25, -0.2) is 0 Å². The van der Waals surface area contributed by atoms with Crippen molar-refractivity contribution in [2.24, 2.45) is 0 Å². The largest absolute Gasteiger partial charge is 0.323 e. The third-order valence-corrected chi connectivity index (χ3v) is 6.51. The van der Waals surface area contributed by atoms with Crippen molar-refractivity contribution in [2.45, 2.75) is 16.4 Å². The van der Waals surface area contributed by atoms with E-state index in [9.17, 15) is 0 Å². The molecule has 0 saturated heterocycles. The fourth-order valence-corrected chi connectivity index (χ4v) is 4.92. The second-order valence-electron chi connectivity index (χ2n) is 5.95. The Bertz CT molecular complexity index is 1180. The van der Waals surface area contributed by atoms with Crippen LogP contribution in [0, 0.1) is 6.92 Å². The molecule has 158 valence electrons. The van der Waals surface area contributed by atoms with Crippen molar-refractivity contribution in [1.82, 2.24) is 25.1 Å². The van der Waals surface area contributed by atoms with Gasteiger partial charge >= 0.3 is 0 Å². The van der Waals surface area contributed by atoms with E-state index < -0.39 is 0 Å². The first-order chi connectivity index (χ1) is 14.9. The summed E-state index contributed by atoms with van der Waals surface area (Å²) in [6, 6.07) is 10.1. The fraction of sp³-hybridized carbons (Fsp3) is 0.0556. The number of nitrogens with one attached hydrogen (secondary N) is 2. The molecule has 7 nitrogen and oxygen atoms in total. The van der Waals surface area contributed by atoms with Gasteiger partial charge in [-0.3, -0.25) is 0 Å². The molecule has 2 heterocycles. The Kier molecular flexibility index (Phi) is 7.00. The maximum Gasteiger partial charge on any atom is 0.233 e. The Morgan fingerprint density at radius 2 is 1.32 bits per heavy atom. The minimum Gasteiger partial charge on any atom is -0.323 e. The Morgan fingerprint density at radius 3 is 1.77 bits per heavy atom. The molecule has 4 aromatic rings. The Labute approximate surface area is 205 Å². The van der Waals surface area contributed by atoms with Crippen LogP contribution < -0.4 is 10.6 Å². The molecule has 2 aromatic heterocycles. The van der Waals surface area contributed by atoms with E-state index in [4.69, 9.17) is 46.4 Å². The van der Waals surface area contributed by atoms with Crippen molar-refractivity contribution < 1.29 is 0 Å². The van der Waals surface area contributed by atoms with E-state index in [-0.39, 0.29) is 11.9 Å². The van der Waals surface area contributed by atoms with Crippen LogP contribution in [0.4, 0.5) is 23.3 Å². The lowest BCUT2D eigenvalue weighted by Crippen LogP contribution is -2.05. The highest BCUT2D eigenvalue weighted by molar-refractivity contribution is 8.00. The van der Waals surface area contributed by atoms with Crippen LogP contribution in [0.5, 0.6) is 0 Å². The quantitative estimate of drug-likeness (QED) is 0.268. The smallest absolute Gasteiger partial charge is 0.233 e. The van der Waals surface area contributed by atoms with Gasteiger partial charge in [0.25, 0.3) is 0 Å². The van der Waals surface area contributed by atoms with E-state index in [1.807, 2.05) is 6.92 Å². The number of nitrogens with zero attached hydrogens (tertiary/aromatic N) is 5. The molecule has 0 saturated carbocycles. The fourth-order valence-electron chi connectivity index (χ4n) is 2.33. The van der Waals surface area contributed by atoms with Gasteiger partial charge in [-0.2, -0.15) is 15.0 Å². The molecule has 2 aromatic carbocycles. The predicted octanol–water partition coefficient (Wildman–Crippen LogP) is 7.28. The third-order valence-electron chi connectivity index (χ3n) is 3.66. The minimum absolute atomic E-state index is 0.274. The summed E-state index contributed by atoms with van der Waals surface area (Å²) >= 11 is 27.2. The second kappa shape index (κ2) is 9.72. The summed E-state index contributed by atoms with van der Waals surface area (Å²) in [6.45, 7) is 1.88. The number of rotatable bonds is 6. The summed E-state index contributed by atoms with van der Waals surface area (Å²) in [4.78, 5) is 13.3. The van der Waals surface area contributed by atoms with Gasteiger partial charge in [0.15, 0.2) is 4.34 Å². The van der Waals surface area contributed by atoms with Gasteiger partial charge in [-0.05, 0) is 55.1 Å². The van der Waals surface area contributed by atoms with Gasteiger partial charge in [0.05, 0.1) is 21.4 Å². The molecule has 0 spiro atoms. The Hall–Kier alpha value is -1.88. The van der Waals surface area contributed by atoms with E-state index in [2.05, 4.69) is 35.8 Å². The van der Waals surface area contributed by atoms with Gasteiger partial charge in [-0.15, -0.1) is 10.2 Å². The standard InChI is InChI=1S/C18H11Cl4N7S2/c1-8-28-29-18(30-8)31-17-26-15(23-13-4-2-9(19)6-11(13)21)25-16(27-17)24-14-5-3-10(20)7-12(14)22/h2-7H,1H3,(H2,23,24,25,26,27). The molecule has 0 fully saturated rings. The Balaban J connectivity index is 1.68. The van der Waals surface area contributed by atoms with Crippen LogP contribution in [0.3, 0.4) is 0 Å². The topological polar surface area (TPSA) is 88.5 Å². The number of anilines is 4. The normalized spacial score (nSPS) is 10.9. The van der Waals surface area contributed by atoms with Crippen LogP contribution in [0.2, 0.25) is 20.1 Å². The summed E-state index contributed by atoms with van der Waals surface area (Å²) in [5.41, 5.74) is 1.19. The SMILES string of the molecule is Cc1nnc(Sc2nc(Nc3ccc(Cl)cc3Cl)nc(Nc3ccc(Cl)cc3Cl)n2)s1. The van der Waals surface area contributed by atoms with Crippen molar-refractivity contribution in [1.29, 1.82) is 0 Å². The first kappa shape index (κ1) is 22.3. The molecule has 0 bridgehead atoms. The summed E-state index contributed by atoms with van der Waals surface area (Å²) in [7, 11) is 0. The van der Waals surface area contributed by atoms with E-state index in [1.54, 1.807) is 36.4 Å². The zero-order valence-electron chi connectivity index (χ0n) is 15.5. The average Bonchev–Trinajstić information content (AvgIpc) is 3.11. The molecule has 0 aliphatic carbocycles. The van der Waals surface area contributed by atoms with Crippen LogP contribution in [0.15, 0.2) is 45.9 Å². The van der Waals surface area contributed by atoms with Crippen molar-refractivity contribution in [3.8, 4) is 0 Å². The maximum atomic E-state index is 6.27. The maximum absolute atomic E-state index is 6.27. The van der Waals surface area contributed by atoms with E-state index in [0.29, 0.717) is 41.0 Å². The molecule has 2 N–H and O–H groups in total. The summed E-state index contributed by atoms with van der Waals surface area (Å²) in [6.07, 6.45) is 0. The molecule has 0 aliphatic heterocycles. The molecule has 13 heteroatoms. The van der Waals surface area contributed by atoms with E-state index >= 15 is 0 Å². The Morgan fingerprint density at radius 1 is 0.774 bits per heavy atom. The number of aryl methyl sites for hydroxylation is 1. The third kappa shape index (κ3) is 5.88. The summed E-state index contributed by atoms with van der Waals surface area (Å²) in [5.74, 6) is 0.547. The van der Waals surface area contributed by atoms with Crippen molar-refractivity contribution in [3.05, 3.63) is 61.5 Å². The molecule has 0 unspecified atom stereocenters. The summed E-state index contributed by atoms with van der Waals surface area (Å²) in [5, 5.41) is 17.4. The van der Waals surface area contributed by atoms with Crippen molar-refractivity contribution in [3.63, 3.8) is 0 Å². The molecular formula is C18H11Cl4N7S2. The van der Waals surface area contributed by atoms with Crippen molar-refractivity contribution >= 4 is 92.8 Å². The lowest BCUT2D eigenvalue weighted by Gasteiger charge is -2.11. The molecule has 0 radical (unpaired) electrons. The second-order valence-corrected chi connectivity index (χ2v) is 10.0. The van der Waals surface area contributed by atoms with Gasteiger partial charge in [0.1, 0.15) is 5.01 Å². The van der Waals surface area contributed by atoms with Crippen LogP contribution in [-0.2, 0) is 0 Å². The zero-order chi connectivity index (χ0) is 22.0. The molecule has 31 heavy (non-hydrogen) atoms. The van der Waals surface area contributed by atoms with Gasteiger partial charge < -0.3 is 10.6 Å². The van der Waals surface area contributed by atoms with Crippen LogP contribution in [0.1, 0.15) is 5.01 Å². The molecule has 0 amide bonds. The number of halogens is 4. The van der Waals surface area contributed by atoms with E-state index in [0.717, 1.165) is 5.01 Å². The van der Waals surface area contributed by atoms with Crippen LogP contribution in [0.25, 0.3) is 0 Å². The number of benzene rings is 2. The minimum atomic E-state index is 0.274. The van der Waals surface area contributed by atoms with Crippen LogP contribution >= 0.6 is 69.5 Å². The van der Waals surface area contributed by atoms with Gasteiger partial charge in [0.2, 0.25) is 17.1 Å². The van der Waals surface area contributed by atoms with Crippen molar-refractivity contribution in [2.75, 3.05) is 10.6 Å². The monoisotopic (exact) mass is 529 g/mol. The first-order valence-corrected chi connectivity index (χ1v) is 11.7. The highest BCUT2D eigenvalue weighted by Gasteiger charge is 2.13. The molecule has 0 aliphatic rings. The predicted molar refractivity (Wildman–Crippen MR) is 128 cm³/mol. The van der Waals surface area contributed by atoms with Crippen LogP contribution in [-0.4, -0.2) is 25.1 Å².